The Morgan fingerprint density at radius 1 is 1.37 bits per heavy atom. The van der Waals surface area contributed by atoms with Crippen LogP contribution in [0.1, 0.15) is 29.5 Å². The third-order valence-corrected chi connectivity index (χ3v) is 4.84. The van der Waals surface area contributed by atoms with Crippen molar-refractivity contribution >= 4 is 44.7 Å². The van der Waals surface area contributed by atoms with E-state index in [0.29, 0.717) is 11.1 Å². The monoisotopic (exact) mass is 357 g/mol. The van der Waals surface area contributed by atoms with Crippen molar-refractivity contribution in [2.75, 3.05) is 11.9 Å². The summed E-state index contributed by atoms with van der Waals surface area (Å²) in [5.74, 6) is 2.24. The van der Waals surface area contributed by atoms with Crippen LogP contribution in [0.2, 0.25) is 5.15 Å². The van der Waals surface area contributed by atoms with Crippen LogP contribution in [0, 0.1) is 0 Å². The molecule has 1 aliphatic rings. The molecule has 2 heterocycles. The molecule has 0 amide bonds. The highest BCUT2D eigenvalue weighted by Crippen LogP contribution is 2.38. The summed E-state index contributed by atoms with van der Waals surface area (Å²) in [6, 6.07) is 6.00. The Kier molecular flexibility index (Phi) is 4.05. The molecule has 0 spiro atoms. The smallest absolute Gasteiger partial charge is 0.135 e. The van der Waals surface area contributed by atoms with Crippen LogP contribution in [-0.2, 0) is 6.42 Å². The largest absolute Gasteiger partial charge is 0.370 e. The predicted octanol–water partition coefficient (Wildman–Crippen LogP) is 4.49. The van der Waals surface area contributed by atoms with Gasteiger partial charge in [-0.25, -0.2) is 9.97 Å². The number of nitrogens with zero attached hydrogens (tertiary/aromatic N) is 2. The van der Waals surface area contributed by atoms with Crippen molar-refractivity contribution in [3.05, 3.63) is 37.8 Å². The fourth-order valence-corrected chi connectivity index (χ4v) is 3.52. The Balaban J connectivity index is 1.60. The summed E-state index contributed by atoms with van der Waals surface area (Å²) in [4.78, 5) is 10.1. The van der Waals surface area contributed by atoms with Gasteiger partial charge in [-0.05, 0) is 47.3 Å². The van der Waals surface area contributed by atoms with Gasteiger partial charge in [0.25, 0.3) is 0 Å². The van der Waals surface area contributed by atoms with Gasteiger partial charge in [0.2, 0.25) is 0 Å². The van der Waals surface area contributed by atoms with Crippen LogP contribution in [-0.4, -0.2) is 16.5 Å². The summed E-state index contributed by atoms with van der Waals surface area (Å²) >= 11 is 11.3. The van der Waals surface area contributed by atoms with Gasteiger partial charge in [-0.15, -0.1) is 11.3 Å². The molecular formula is C13H13BrClN3S. The lowest BCUT2D eigenvalue weighted by atomic mass is 10.3. The minimum Gasteiger partial charge on any atom is -0.370 e. The number of hydrogen-bond acceptors (Lipinski definition) is 4. The van der Waals surface area contributed by atoms with Crippen molar-refractivity contribution in [1.29, 1.82) is 0 Å². The average Bonchev–Trinajstić information content (AvgIpc) is 3.13. The maximum absolute atomic E-state index is 6.03. The van der Waals surface area contributed by atoms with Crippen LogP contribution in [0.25, 0.3) is 0 Å². The number of aromatic nitrogens is 2. The molecule has 100 valence electrons. The highest BCUT2D eigenvalue weighted by molar-refractivity contribution is 9.11. The Labute approximate surface area is 129 Å². The van der Waals surface area contributed by atoms with E-state index in [1.807, 2.05) is 0 Å². The van der Waals surface area contributed by atoms with E-state index in [1.54, 1.807) is 17.4 Å². The van der Waals surface area contributed by atoms with Gasteiger partial charge in [-0.1, -0.05) is 11.6 Å². The number of nitrogens with one attached hydrogen (secondary N) is 1. The molecule has 0 saturated heterocycles. The fraction of sp³-hybridized carbons (Fsp3) is 0.385. The molecule has 0 unspecified atom stereocenters. The molecule has 0 aromatic carbocycles. The van der Waals surface area contributed by atoms with Gasteiger partial charge >= 0.3 is 0 Å². The van der Waals surface area contributed by atoms with Gasteiger partial charge in [0.05, 0.1) is 3.79 Å². The topological polar surface area (TPSA) is 37.8 Å². The summed E-state index contributed by atoms with van der Waals surface area (Å²) in [5, 5.41) is 3.85. The van der Waals surface area contributed by atoms with E-state index >= 15 is 0 Å². The van der Waals surface area contributed by atoms with Crippen LogP contribution in [0.4, 0.5) is 5.82 Å². The molecule has 2 aromatic rings. The highest BCUT2D eigenvalue weighted by Gasteiger charge is 2.27. The van der Waals surface area contributed by atoms with E-state index in [1.165, 1.54) is 21.5 Å². The van der Waals surface area contributed by atoms with Crippen molar-refractivity contribution in [1.82, 2.24) is 9.97 Å². The van der Waals surface area contributed by atoms with Crippen LogP contribution in [0.5, 0.6) is 0 Å². The van der Waals surface area contributed by atoms with Crippen molar-refractivity contribution in [2.45, 2.75) is 25.2 Å². The maximum Gasteiger partial charge on any atom is 0.135 e. The first-order valence-corrected chi connectivity index (χ1v) is 8.22. The molecule has 0 aliphatic heterocycles. The lowest BCUT2D eigenvalue weighted by molar-refractivity contribution is 0.917. The standard InChI is InChI=1S/C13H13BrClN3S/c14-10-4-3-9(19-10)5-6-16-12-7-11(15)17-13(18-12)8-1-2-8/h3-4,7-8H,1-2,5-6H2,(H,16,17,18). The van der Waals surface area contributed by atoms with E-state index in [4.69, 9.17) is 11.6 Å². The Hall–Kier alpha value is -0.650. The van der Waals surface area contributed by atoms with Crippen molar-refractivity contribution in [3.8, 4) is 0 Å². The normalized spacial score (nSPS) is 14.6. The van der Waals surface area contributed by atoms with E-state index in [-0.39, 0.29) is 0 Å². The minimum absolute atomic E-state index is 0.521. The van der Waals surface area contributed by atoms with Gasteiger partial charge in [0.15, 0.2) is 0 Å². The molecule has 0 radical (unpaired) electrons. The summed E-state index contributed by atoms with van der Waals surface area (Å²) in [7, 11) is 0. The SMILES string of the molecule is Clc1cc(NCCc2ccc(Br)s2)nc(C2CC2)n1. The third kappa shape index (κ3) is 3.68. The molecule has 6 heteroatoms. The number of hydrogen-bond donors (Lipinski definition) is 1. The van der Waals surface area contributed by atoms with Crippen molar-refractivity contribution < 1.29 is 0 Å². The molecule has 2 aromatic heterocycles. The Morgan fingerprint density at radius 3 is 2.89 bits per heavy atom. The van der Waals surface area contributed by atoms with Gasteiger partial charge < -0.3 is 5.32 Å². The summed E-state index contributed by atoms with van der Waals surface area (Å²) in [6.07, 6.45) is 3.35. The zero-order chi connectivity index (χ0) is 13.2. The summed E-state index contributed by atoms with van der Waals surface area (Å²) in [6.45, 7) is 0.852. The molecule has 19 heavy (non-hydrogen) atoms. The van der Waals surface area contributed by atoms with Crippen molar-refractivity contribution in [3.63, 3.8) is 0 Å². The number of anilines is 1. The molecule has 1 aliphatic carbocycles. The fourth-order valence-electron chi connectivity index (χ4n) is 1.85. The molecule has 1 fully saturated rings. The minimum atomic E-state index is 0.521. The summed E-state index contributed by atoms with van der Waals surface area (Å²) < 4.78 is 1.17. The second kappa shape index (κ2) is 5.77. The maximum atomic E-state index is 6.03. The van der Waals surface area contributed by atoms with Crippen LogP contribution in [0.15, 0.2) is 22.0 Å². The van der Waals surface area contributed by atoms with E-state index in [9.17, 15) is 0 Å². The number of halogens is 2. The van der Waals surface area contributed by atoms with Gasteiger partial charge in [-0.2, -0.15) is 0 Å². The molecule has 0 bridgehead atoms. The molecule has 1 N–H and O–H groups in total. The van der Waals surface area contributed by atoms with Gasteiger partial charge in [0.1, 0.15) is 16.8 Å². The zero-order valence-corrected chi connectivity index (χ0v) is 13.4. The predicted molar refractivity (Wildman–Crippen MR) is 83.2 cm³/mol. The van der Waals surface area contributed by atoms with Crippen molar-refractivity contribution in [2.24, 2.45) is 0 Å². The van der Waals surface area contributed by atoms with Gasteiger partial charge in [-0.3, -0.25) is 0 Å². The second-order valence-electron chi connectivity index (χ2n) is 4.59. The average molecular weight is 359 g/mol. The van der Waals surface area contributed by atoms with Crippen LogP contribution < -0.4 is 5.32 Å². The molecule has 3 nitrogen and oxygen atoms in total. The first kappa shape index (κ1) is 13.3. The molecule has 0 atom stereocenters. The van der Waals surface area contributed by atoms with E-state index in [2.05, 4.69) is 43.3 Å². The first-order valence-electron chi connectivity index (χ1n) is 6.23. The van der Waals surface area contributed by atoms with Gasteiger partial charge in [0, 0.05) is 23.4 Å². The third-order valence-electron chi connectivity index (χ3n) is 2.96. The van der Waals surface area contributed by atoms with E-state index < -0.39 is 0 Å². The van der Waals surface area contributed by atoms with Crippen LogP contribution in [0.3, 0.4) is 0 Å². The molecular weight excluding hydrogens is 346 g/mol. The highest BCUT2D eigenvalue weighted by atomic mass is 79.9. The van der Waals surface area contributed by atoms with Crippen LogP contribution >= 0.6 is 38.9 Å². The molecule has 1 saturated carbocycles. The zero-order valence-electron chi connectivity index (χ0n) is 10.2. The lowest BCUT2D eigenvalue weighted by Gasteiger charge is -2.06. The number of rotatable bonds is 5. The summed E-state index contributed by atoms with van der Waals surface area (Å²) in [5.41, 5.74) is 0. The number of thiophene rings is 1. The Bertz CT molecular complexity index is 583. The second-order valence-corrected chi connectivity index (χ2v) is 7.53. The Morgan fingerprint density at radius 2 is 2.21 bits per heavy atom. The first-order chi connectivity index (χ1) is 9.20. The molecule has 3 rings (SSSR count). The lowest BCUT2D eigenvalue weighted by Crippen LogP contribution is -2.07. The quantitative estimate of drug-likeness (QED) is 0.800. The van der Waals surface area contributed by atoms with E-state index in [0.717, 1.165) is 24.6 Å².